The van der Waals surface area contributed by atoms with Gasteiger partial charge in [0.25, 0.3) is 5.91 Å². The van der Waals surface area contributed by atoms with Crippen molar-refractivity contribution < 1.29 is 14.3 Å². The maximum Gasteiger partial charge on any atom is 0.258 e. The molecule has 0 bridgehead atoms. The topological polar surface area (TPSA) is 51.7 Å². The molecule has 1 heterocycles. The number of ether oxygens (including phenoxy) is 2. The highest BCUT2D eigenvalue weighted by molar-refractivity contribution is 7.99. The van der Waals surface area contributed by atoms with E-state index in [9.17, 15) is 4.79 Å². The number of benzene rings is 1. The number of rotatable bonds is 6. The Balaban J connectivity index is 2.27. The number of hydrogen-bond donors (Lipinski definition) is 0. The third-order valence-corrected chi connectivity index (χ3v) is 4.14. The quantitative estimate of drug-likeness (QED) is 0.758. The van der Waals surface area contributed by atoms with Crippen LogP contribution < -0.4 is 14.4 Å². The van der Waals surface area contributed by atoms with Gasteiger partial charge in [-0.05, 0) is 30.0 Å². The lowest BCUT2D eigenvalue weighted by atomic mass is 10.2. The van der Waals surface area contributed by atoms with Crippen LogP contribution in [0.4, 0.5) is 5.69 Å². The summed E-state index contributed by atoms with van der Waals surface area (Å²) in [5, 5.41) is 0.846. The number of nitrogens with zero attached hydrogens (tertiary/aromatic N) is 2. The zero-order chi connectivity index (χ0) is 16.8. The second kappa shape index (κ2) is 7.87. The van der Waals surface area contributed by atoms with Crippen LogP contribution in [0.25, 0.3) is 0 Å². The Morgan fingerprint density at radius 2 is 1.91 bits per heavy atom. The number of thioether (sulfide) groups is 1. The number of hydrogen-bond acceptors (Lipinski definition) is 5. The SMILES string of the molecule is CCSc1cc(C(=O)N(C)c2ccc(OC)c(OC)c2)ccn1. The van der Waals surface area contributed by atoms with Gasteiger partial charge in [-0.3, -0.25) is 4.79 Å². The molecule has 0 fully saturated rings. The molecule has 0 atom stereocenters. The molecule has 0 saturated heterocycles. The molecule has 0 aliphatic rings. The molecule has 6 heteroatoms. The lowest BCUT2D eigenvalue weighted by Crippen LogP contribution is -2.26. The Labute approximate surface area is 140 Å². The molecular weight excluding hydrogens is 312 g/mol. The summed E-state index contributed by atoms with van der Waals surface area (Å²) in [6.45, 7) is 2.05. The predicted molar refractivity (Wildman–Crippen MR) is 92.9 cm³/mol. The molecule has 0 saturated carbocycles. The molecule has 0 spiro atoms. The minimum atomic E-state index is -0.0995. The average molecular weight is 332 g/mol. The molecule has 1 aromatic heterocycles. The Bertz CT molecular complexity index is 691. The number of aromatic nitrogens is 1. The molecule has 2 aromatic rings. The first-order chi connectivity index (χ1) is 11.1. The van der Waals surface area contributed by atoms with Gasteiger partial charge in [-0.25, -0.2) is 4.98 Å². The Hall–Kier alpha value is -2.21. The Kier molecular flexibility index (Phi) is 5.87. The molecule has 1 amide bonds. The molecule has 0 N–H and O–H groups in total. The van der Waals surface area contributed by atoms with Crippen LogP contribution in [0.3, 0.4) is 0 Å². The predicted octanol–water partition coefficient (Wildman–Crippen LogP) is 3.49. The van der Waals surface area contributed by atoms with E-state index in [1.165, 1.54) is 0 Å². The highest BCUT2D eigenvalue weighted by Crippen LogP contribution is 2.31. The largest absolute Gasteiger partial charge is 0.493 e. The molecule has 2 rings (SSSR count). The summed E-state index contributed by atoms with van der Waals surface area (Å²) in [6, 6.07) is 8.91. The zero-order valence-electron chi connectivity index (χ0n) is 13.7. The number of carbonyl (C=O) groups excluding carboxylic acids is 1. The highest BCUT2D eigenvalue weighted by atomic mass is 32.2. The van der Waals surface area contributed by atoms with Crippen molar-refractivity contribution in [3.8, 4) is 11.5 Å². The van der Waals surface area contributed by atoms with E-state index >= 15 is 0 Å². The number of amides is 1. The first-order valence-electron chi connectivity index (χ1n) is 7.19. The summed E-state index contributed by atoms with van der Waals surface area (Å²) in [5.41, 5.74) is 1.34. The van der Waals surface area contributed by atoms with Crippen molar-refractivity contribution in [2.75, 3.05) is 31.9 Å². The molecular formula is C17H20N2O3S. The van der Waals surface area contributed by atoms with Crippen molar-refractivity contribution in [2.24, 2.45) is 0 Å². The number of carbonyl (C=O) groups is 1. The standard InChI is InChI=1S/C17H20N2O3S/c1-5-23-16-10-12(8-9-18-16)17(20)19(2)13-6-7-14(21-3)15(11-13)22-4/h6-11H,5H2,1-4H3. The summed E-state index contributed by atoms with van der Waals surface area (Å²) < 4.78 is 10.5. The van der Waals surface area contributed by atoms with Gasteiger partial charge in [-0.1, -0.05) is 6.92 Å². The third-order valence-electron chi connectivity index (χ3n) is 3.33. The molecule has 23 heavy (non-hydrogen) atoms. The summed E-state index contributed by atoms with van der Waals surface area (Å²) >= 11 is 1.61. The molecule has 122 valence electrons. The lowest BCUT2D eigenvalue weighted by Gasteiger charge is -2.19. The van der Waals surface area contributed by atoms with Gasteiger partial charge in [0.15, 0.2) is 11.5 Å². The second-order valence-electron chi connectivity index (χ2n) is 4.72. The molecule has 5 nitrogen and oxygen atoms in total. The highest BCUT2D eigenvalue weighted by Gasteiger charge is 2.16. The van der Waals surface area contributed by atoms with Gasteiger partial charge in [-0.2, -0.15) is 0 Å². The van der Waals surface area contributed by atoms with Gasteiger partial charge >= 0.3 is 0 Å². The van der Waals surface area contributed by atoms with E-state index in [-0.39, 0.29) is 5.91 Å². The van der Waals surface area contributed by atoms with E-state index in [1.807, 2.05) is 12.1 Å². The van der Waals surface area contributed by atoms with Crippen molar-refractivity contribution in [2.45, 2.75) is 11.9 Å². The van der Waals surface area contributed by atoms with Gasteiger partial charge in [0, 0.05) is 30.6 Å². The van der Waals surface area contributed by atoms with Crippen LogP contribution in [0.5, 0.6) is 11.5 Å². The van der Waals surface area contributed by atoms with Gasteiger partial charge in [-0.15, -0.1) is 11.8 Å². The van der Waals surface area contributed by atoms with E-state index in [0.717, 1.165) is 16.5 Å². The van der Waals surface area contributed by atoms with E-state index < -0.39 is 0 Å². The maximum atomic E-state index is 12.7. The second-order valence-corrected chi connectivity index (χ2v) is 6.00. The molecule has 0 aliphatic carbocycles. The summed E-state index contributed by atoms with van der Waals surface area (Å²) in [7, 11) is 4.88. The Morgan fingerprint density at radius 1 is 1.17 bits per heavy atom. The van der Waals surface area contributed by atoms with Crippen molar-refractivity contribution in [1.82, 2.24) is 4.98 Å². The van der Waals surface area contributed by atoms with Crippen LogP contribution in [-0.2, 0) is 0 Å². The van der Waals surface area contributed by atoms with Crippen LogP contribution in [0.15, 0.2) is 41.6 Å². The smallest absolute Gasteiger partial charge is 0.258 e. The fraction of sp³-hybridized carbons (Fsp3) is 0.294. The lowest BCUT2D eigenvalue weighted by molar-refractivity contribution is 0.0992. The number of pyridine rings is 1. The van der Waals surface area contributed by atoms with Crippen LogP contribution in [0, 0.1) is 0 Å². The maximum absolute atomic E-state index is 12.7. The van der Waals surface area contributed by atoms with E-state index in [4.69, 9.17) is 9.47 Å². The van der Waals surface area contributed by atoms with Crippen molar-refractivity contribution in [3.05, 3.63) is 42.1 Å². The van der Waals surface area contributed by atoms with Crippen molar-refractivity contribution in [3.63, 3.8) is 0 Å². The van der Waals surface area contributed by atoms with Gasteiger partial charge in [0.05, 0.1) is 19.2 Å². The van der Waals surface area contributed by atoms with Gasteiger partial charge in [0.1, 0.15) is 0 Å². The summed E-state index contributed by atoms with van der Waals surface area (Å²) in [5.74, 6) is 2.03. The zero-order valence-corrected chi connectivity index (χ0v) is 14.5. The molecule has 0 aliphatic heterocycles. The van der Waals surface area contributed by atoms with Crippen molar-refractivity contribution in [1.29, 1.82) is 0 Å². The van der Waals surface area contributed by atoms with E-state index in [0.29, 0.717) is 17.1 Å². The van der Waals surface area contributed by atoms with Crippen LogP contribution in [0.1, 0.15) is 17.3 Å². The van der Waals surface area contributed by atoms with Crippen LogP contribution >= 0.6 is 11.8 Å². The number of anilines is 1. The minimum absolute atomic E-state index is 0.0995. The first kappa shape index (κ1) is 17.1. The average Bonchev–Trinajstić information content (AvgIpc) is 2.60. The molecule has 0 radical (unpaired) electrons. The fourth-order valence-electron chi connectivity index (χ4n) is 2.11. The van der Waals surface area contributed by atoms with Crippen LogP contribution in [0.2, 0.25) is 0 Å². The van der Waals surface area contributed by atoms with Crippen LogP contribution in [-0.4, -0.2) is 37.9 Å². The molecule has 1 aromatic carbocycles. The van der Waals surface area contributed by atoms with E-state index in [2.05, 4.69) is 11.9 Å². The van der Waals surface area contributed by atoms with Crippen molar-refractivity contribution >= 4 is 23.4 Å². The third kappa shape index (κ3) is 3.96. The van der Waals surface area contributed by atoms with E-state index in [1.54, 1.807) is 62.3 Å². The number of methoxy groups -OCH3 is 2. The monoisotopic (exact) mass is 332 g/mol. The normalized spacial score (nSPS) is 10.3. The Morgan fingerprint density at radius 3 is 2.57 bits per heavy atom. The summed E-state index contributed by atoms with van der Waals surface area (Å²) in [6.07, 6.45) is 1.66. The van der Waals surface area contributed by atoms with Gasteiger partial charge < -0.3 is 14.4 Å². The minimum Gasteiger partial charge on any atom is -0.493 e. The summed E-state index contributed by atoms with van der Waals surface area (Å²) in [4.78, 5) is 18.5. The fourth-order valence-corrected chi connectivity index (χ4v) is 2.76. The van der Waals surface area contributed by atoms with Gasteiger partial charge in [0.2, 0.25) is 0 Å². The first-order valence-corrected chi connectivity index (χ1v) is 8.18. The molecule has 0 unspecified atom stereocenters.